The summed E-state index contributed by atoms with van der Waals surface area (Å²) < 4.78 is 0. The third-order valence-corrected chi connectivity index (χ3v) is 2.83. The Morgan fingerprint density at radius 2 is 2.13 bits per heavy atom. The van der Waals surface area contributed by atoms with Crippen molar-refractivity contribution in [3.8, 4) is 0 Å². The van der Waals surface area contributed by atoms with Crippen molar-refractivity contribution in [1.29, 1.82) is 0 Å². The van der Waals surface area contributed by atoms with E-state index in [9.17, 15) is 0 Å². The minimum atomic E-state index is 0.581. The molecule has 1 unspecified atom stereocenters. The zero-order chi connectivity index (χ0) is 11.3. The number of anilines is 1. The van der Waals surface area contributed by atoms with Crippen LogP contribution >= 0.6 is 0 Å². The molecule has 2 nitrogen and oxygen atoms in total. The van der Waals surface area contributed by atoms with Gasteiger partial charge in [-0.1, -0.05) is 12.1 Å². The molecule has 0 aliphatic heterocycles. The average Bonchev–Trinajstić information content (AvgIpc) is 2.25. The highest BCUT2D eigenvalue weighted by molar-refractivity contribution is 5.47. The molecular weight excluding hydrogens is 184 g/mol. The van der Waals surface area contributed by atoms with Gasteiger partial charge in [0, 0.05) is 25.3 Å². The predicted molar refractivity (Wildman–Crippen MR) is 67.6 cm³/mol. The fraction of sp³-hybridized carbons (Fsp3) is 0.538. The Labute approximate surface area is 93.3 Å². The van der Waals surface area contributed by atoms with Gasteiger partial charge in [-0.15, -0.1) is 0 Å². The van der Waals surface area contributed by atoms with E-state index in [1.165, 1.54) is 17.7 Å². The van der Waals surface area contributed by atoms with Crippen molar-refractivity contribution in [2.75, 3.05) is 25.5 Å². The van der Waals surface area contributed by atoms with E-state index in [2.05, 4.69) is 55.4 Å². The lowest BCUT2D eigenvalue weighted by molar-refractivity contribution is 0.565. The van der Waals surface area contributed by atoms with Crippen LogP contribution in [0.25, 0.3) is 0 Å². The Balaban J connectivity index is 2.50. The molecule has 0 saturated carbocycles. The molecule has 0 bridgehead atoms. The summed E-state index contributed by atoms with van der Waals surface area (Å²) >= 11 is 0. The first-order chi connectivity index (χ1) is 7.13. The Bertz CT molecular complexity index is 296. The third kappa shape index (κ3) is 3.92. The molecule has 1 rings (SSSR count). The Morgan fingerprint density at radius 3 is 2.73 bits per heavy atom. The number of hydrogen-bond donors (Lipinski definition) is 1. The van der Waals surface area contributed by atoms with E-state index in [1.807, 2.05) is 7.05 Å². The van der Waals surface area contributed by atoms with Crippen LogP contribution in [0, 0.1) is 6.92 Å². The summed E-state index contributed by atoms with van der Waals surface area (Å²) in [6, 6.07) is 9.22. The molecule has 0 aliphatic rings. The summed E-state index contributed by atoms with van der Waals surface area (Å²) in [5, 5.41) is 3.26. The fourth-order valence-corrected chi connectivity index (χ4v) is 1.53. The van der Waals surface area contributed by atoms with Gasteiger partial charge < -0.3 is 10.2 Å². The van der Waals surface area contributed by atoms with Crippen LogP contribution in [-0.4, -0.2) is 26.7 Å². The van der Waals surface area contributed by atoms with Crippen LogP contribution in [0.1, 0.15) is 18.9 Å². The molecule has 0 aromatic heterocycles. The Kier molecular flexibility index (Phi) is 4.63. The Morgan fingerprint density at radius 1 is 1.40 bits per heavy atom. The van der Waals surface area contributed by atoms with Crippen LogP contribution in [0.15, 0.2) is 24.3 Å². The minimum Gasteiger partial charge on any atom is -0.375 e. The maximum atomic E-state index is 3.26. The van der Waals surface area contributed by atoms with Crippen LogP contribution in [0.2, 0.25) is 0 Å². The van der Waals surface area contributed by atoms with Crippen molar-refractivity contribution in [1.82, 2.24) is 5.32 Å². The van der Waals surface area contributed by atoms with E-state index in [0.29, 0.717) is 6.04 Å². The highest BCUT2D eigenvalue weighted by Crippen LogP contribution is 2.14. The zero-order valence-electron chi connectivity index (χ0n) is 10.2. The zero-order valence-corrected chi connectivity index (χ0v) is 10.2. The van der Waals surface area contributed by atoms with Gasteiger partial charge >= 0.3 is 0 Å². The van der Waals surface area contributed by atoms with Crippen molar-refractivity contribution in [3.63, 3.8) is 0 Å². The second-order valence-electron chi connectivity index (χ2n) is 4.24. The summed E-state index contributed by atoms with van der Waals surface area (Å²) in [7, 11) is 4.16. The maximum Gasteiger partial charge on any atom is 0.0366 e. The van der Waals surface area contributed by atoms with Gasteiger partial charge in [0.25, 0.3) is 0 Å². The number of nitrogens with one attached hydrogen (secondary N) is 1. The monoisotopic (exact) mass is 206 g/mol. The van der Waals surface area contributed by atoms with Gasteiger partial charge in [-0.3, -0.25) is 0 Å². The summed E-state index contributed by atoms with van der Waals surface area (Å²) in [6.07, 6.45) is 1.17. The summed E-state index contributed by atoms with van der Waals surface area (Å²) in [5.41, 5.74) is 2.62. The third-order valence-electron chi connectivity index (χ3n) is 2.83. The minimum absolute atomic E-state index is 0.581. The van der Waals surface area contributed by atoms with Gasteiger partial charge in [0.05, 0.1) is 0 Å². The highest BCUT2D eigenvalue weighted by Gasteiger charge is 2.03. The van der Waals surface area contributed by atoms with Crippen molar-refractivity contribution >= 4 is 5.69 Å². The van der Waals surface area contributed by atoms with Crippen LogP contribution in [0.5, 0.6) is 0 Å². The average molecular weight is 206 g/mol. The molecule has 15 heavy (non-hydrogen) atoms. The summed E-state index contributed by atoms with van der Waals surface area (Å²) in [5.74, 6) is 0. The largest absolute Gasteiger partial charge is 0.375 e. The maximum absolute atomic E-state index is 3.26. The van der Waals surface area contributed by atoms with Crippen LogP contribution in [-0.2, 0) is 0 Å². The first kappa shape index (κ1) is 12.1. The van der Waals surface area contributed by atoms with Gasteiger partial charge in [0.15, 0.2) is 0 Å². The van der Waals surface area contributed by atoms with Gasteiger partial charge in [0.1, 0.15) is 0 Å². The molecule has 0 amide bonds. The van der Waals surface area contributed by atoms with Gasteiger partial charge in [-0.2, -0.15) is 0 Å². The molecule has 84 valence electrons. The van der Waals surface area contributed by atoms with Gasteiger partial charge in [-0.05, 0) is 45.0 Å². The number of benzene rings is 1. The molecule has 0 radical (unpaired) electrons. The van der Waals surface area contributed by atoms with Crippen molar-refractivity contribution in [2.24, 2.45) is 0 Å². The first-order valence-corrected chi connectivity index (χ1v) is 5.58. The van der Waals surface area contributed by atoms with Crippen LogP contribution < -0.4 is 10.2 Å². The lowest BCUT2D eigenvalue weighted by atomic mass is 10.2. The van der Waals surface area contributed by atoms with E-state index in [1.54, 1.807) is 0 Å². The molecule has 2 heteroatoms. The second-order valence-corrected chi connectivity index (χ2v) is 4.24. The molecule has 0 aliphatic carbocycles. The molecule has 0 spiro atoms. The molecular formula is C13H22N2. The van der Waals surface area contributed by atoms with Gasteiger partial charge in [-0.25, -0.2) is 0 Å². The lowest BCUT2D eigenvalue weighted by Gasteiger charge is -2.21. The molecule has 0 saturated heterocycles. The van der Waals surface area contributed by atoms with E-state index in [0.717, 1.165) is 6.54 Å². The van der Waals surface area contributed by atoms with E-state index >= 15 is 0 Å². The highest BCUT2D eigenvalue weighted by atomic mass is 15.1. The molecule has 1 aromatic rings. The predicted octanol–water partition coefficient (Wildman–Crippen LogP) is 2.43. The lowest BCUT2D eigenvalue weighted by Crippen LogP contribution is -2.28. The molecule has 0 heterocycles. The number of hydrogen-bond acceptors (Lipinski definition) is 2. The van der Waals surface area contributed by atoms with E-state index < -0.39 is 0 Å². The van der Waals surface area contributed by atoms with Crippen molar-refractivity contribution < 1.29 is 0 Å². The van der Waals surface area contributed by atoms with E-state index in [-0.39, 0.29) is 0 Å². The number of rotatable bonds is 5. The Hall–Kier alpha value is -1.02. The normalized spacial score (nSPS) is 12.5. The number of aryl methyl sites for hydroxylation is 1. The molecule has 0 fully saturated rings. The molecule has 1 aromatic carbocycles. The van der Waals surface area contributed by atoms with E-state index in [4.69, 9.17) is 0 Å². The second kappa shape index (κ2) is 5.76. The van der Waals surface area contributed by atoms with Crippen LogP contribution in [0.4, 0.5) is 5.69 Å². The summed E-state index contributed by atoms with van der Waals surface area (Å²) in [4.78, 5) is 2.31. The SMILES string of the molecule is CNC(C)CCN(C)c1cccc(C)c1. The molecule has 1 N–H and O–H groups in total. The molecule has 1 atom stereocenters. The smallest absolute Gasteiger partial charge is 0.0366 e. The first-order valence-electron chi connectivity index (χ1n) is 5.58. The quantitative estimate of drug-likeness (QED) is 0.796. The van der Waals surface area contributed by atoms with Crippen molar-refractivity contribution in [3.05, 3.63) is 29.8 Å². The topological polar surface area (TPSA) is 15.3 Å². The van der Waals surface area contributed by atoms with Gasteiger partial charge in [0.2, 0.25) is 0 Å². The van der Waals surface area contributed by atoms with Crippen LogP contribution in [0.3, 0.4) is 0 Å². The standard InChI is InChI=1S/C13H22N2/c1-11-6-5-7-13(10-11)15(4)9-8-12(2)14-3/h5-7,10,12,14H,8-9H2,1-4H3. The van der Waals surface area contributed by atoms with Crippen molar-refractivity contribution in [2.45, 2.75) is 26.3 Å². The summed E-state index contributed by atoms with van der Waals surface area (Å²) in [6.45, 7) is 5.43. The number of nitrogens with zero attached hydrogens (tertiary/aromatic N) is 1. The fourth-order valence-electron chi connectivity index (χ4n) is 1.53.